The standard InChI is InChI=1S/C12H21N3O2/c1-3-16-12(17-4-2)10-14-7-8-15-6-5-13-11(15)9-14/h5-6,12H,3-4,7-10H2,1-2H3. The van der Waals surface area contributed by atoms with Crippen LogP contribution in [0.5, 0.6) is 0 Å². The van der Waals surface area contributed by atoms with Gasteiger partial charge in [0.15, 0.2) is 6.29 Å². The molecule has 0 amide bonds. The normalized spacial score (nSPS) is 16.4. The van der Waals surface area contributed by atoms with Crippen molar-refractivity contribution in [2.24, 2.45) is 0 Å². The van der Waals surface area contributed by atoms with Gasteiger partial charge >= 0.3 is 0 Å². The van der Waals surface area contributed by atoms with Crippen molar-refractivity contribution in [1.29, 1.82) is 0 Å². The summed E-state index contributed by atoms with van der Waals surface area (Å²) in [6.45, 7) is 9.09. The molecule has 0 saturated carbocycles. The van der Waals surface area contributed by atoms with Crippen molar-refractivity contribution in [2.45, 2.75) is 33.2 Å². The molecular formula is C12H21N3O2. The molecule has 5 nitrogen and oxygen atoms in total. The van der Waals surface area contributed by atoms with Crippen molar-refractivity contribution in [1.82, 2.24) is 14.5 Å². The Kier molecular flexibility index (Phi) is 4.53. The first-order chi connectivity index (χ1) is 8.33. The molecule has 0 aromatic carbocycles. The quantitative estimate of drug-likeness (QED) is 0.697. The highest BCUT2D eigenvalue weighted by molar-refractivity contribution is 4.95. The maximum absolute atomic E-state index is 5.56. The first-order valence-electron chi connectivity index (χ1n) is 6.29. The van der Waals surface area contributed by atoms with Crippen molar-refractivity contribution in [3.63, 3.8) is 0 Å². The molecule has 1 aromatic heterocycles. The smallest absolute Gasteiger partial charge is 0.170 e. The Morgan fingerprint density at radius 1 is 1.29 bits per heavy atom. The number of rotatable bonds is 6. The maximum atomic E-state index is 5.56. The van der Waals surface area contributed by atoms with E-state index in [0.29, 0.717) is 13.2 Å². The van der Waals surface area contributed by atoms with Crippen molar-refractivity contribution in [3.05, 3.63) is 18.2 Å². The van der Waals surface area contributed by atoms with Crippen LogP contribution in [-0.4, -0.2) is 47.0 Å². The SMILES string of the molecule is CCOC(CN1CCn2ccnc2C1)OCC. The molecule has 0 saturated heterocycles. The summed E-state index contributed by atoms with van der Waals surface area (Å²) < 4.78 is 13.3. The van der Waals surface area contributed by atoms with Gasteiger partial charge in [0.05, 0.1) is 13.1 Å². The Bertz CT molecular complexity index is 334. The first kappa shape index (κ1) is 12.5. The zero-order chi connectivity index (χ0) is 12.1. The summed E-state index contributed by atoms with van der Waals surface area (Å²) in [5.74, 6) is 1.13. The largest absolute Gasteiger partial charge is 0.352 e. The molecular weight excluding hydrogens is 218 g/mol. The van der Waals surface area contributed by atoms with E-state index in [4.69, 9.17) is 9.47 Å². The summed E-state index contributed by atoms with van der Waals surface area (Å²) in [4.78, 5) is 6.68. The second-order valence-corrected chi connectivity index (χ2v) is 4.11. The van der Waals surface area contributed by atoms with E-state index in [2.05, 4.69) is 14.5 Å². The predicted molar refractivity (Wildman–Crippen MR) is 64.5 cm³/mol. The number of aromatic nitrogens is 2. The fourth-order valence-electron chi connectivity index (χ4n) is 2.12. The van der Waals surface area contributed by atoms with Gasteiger partial charge in [0.2, 0.25) is 0 Å². The summed E-state index contributed by atoms with van der Waals surface area (Å²) in [7, 11) is 0. The fraction of sp³-hybridized carbons (Fsp3) is 0.750. The third-order valence-electron chi connectivity index (χ3n) is 2.94. The molecule has 0 spiro atoms. The van der Waals surface area contributed by atoms with Crippen LogP contribution in [0.3, 0.4) is 0 Å². The van der Waals surface area contributed by atoms with E-state index in [9.17, 15) is 0 Å². The van der Waals surface area contributed by atoms with Gasteiger partial charge < -0.3 is 14.0 Å². The lowest BCUT2D eigenvalue weighted by Gasteiger charge is -2.30. The Morgan fingerprint density at radius 2 is 2.06 bits per heavy atom. The molecule has 0 N–H and O–H groups in total. The number of fused-ring (bicyclic) bond motifs is 1. The van der Waals surface area contributed by atoms with Crippen LogP contribution in [0.4, 0.5) is 0 Å². The number of ether oxygens (including phenoxy) is 2. The zero-order valence-electron chi connectivity index (χ0n) is 10.6. The van der Waals surface area contributed by atoms with Crippen LogP contribution in [0, 0.1) is 0 Å². The van der Waals surface area contributed by atoms with E-state index in [-0.39, 0.29) is 6.29 Å². The van der Waals surface area contributed by atoms with Crippen LogP contribution in [0.25, 0.3) is 0 Å². The van der Waals surface area contributed by atoms with Gasteiger partial charge in [-0.1, -0.05) is 0 Å². The third-order valence-corrected chi connectivity index (χ3v) is 2.94. The minimum absolute atomic E-state index is 0.119. The van der Waals surface area contributed by atoms with Crippen LogP contribution < -0.4 is 0 Å². The minimum Gasteiger partial charge on any atom is -0.352 e. The monoisotopic (exact) mass is 239 g/mol. The van der Waals surface area contributed by atoms with Crippen molar-refractivity contribution in [2.75, 3.05) is 26.3 Å². The minimum atomic E-state index is -0.119. The lowest BCUT2D eigenvalue weighted by Crippen LogP contribution is -2.40. The summed E-state index contributed by atoms with van der Waals surface area (Å²) in [5, 5.41) is 0. The van der Waals surface area contributed by atoms with Gasteiger partial charge in [-0.25, -0.2) is 4.98 Å². The topological polar surface area (TPSA) is 39.5 Å². The molecule has 1 aliphatic rings. The van der Waals surface area contributed by atoms with Crippen molar-refractivity contribution >= 4 is 0 Å². The number of hydrogen-bond donors (Lipinski definition) is 0. The van der Waals surface area contributed by atoms with E-state index >= 15 is 0 Å². The molecule has 0 unspecified atom stereocenters. The van der Waals surface area contributed by atoms with Crippen LogP contribution >= 0.6 is 0 Å². The molecule has 5 heteroatoms. The van der Waals surface area contributed by atoms with Gasteiger partial charge in [-0.05, 0) is 13.8 Å². The second kappa shape index (κ2) is 6.14. The third kappa shape index (κ3) is 3.28. The van der Waals surface area contributed by atoms with E-state index in [1.807, 2.05) is 26.2 Å². The van der Waals surface area contributed by atoms with Gasteiger partial charge in [-0.3, -0.25) is 4.90 Å². The van der Waals surface area contributed by atoms with E-state index < -0.39 is 0 Å². The van der Waals surface area contributed by atoms with Crippen molar-refractivity contribution in [3.8, 4) is 0 Å². The van der Waals surface area contributed by atoms with Crippen LogP contribution in [0.1, 0.15) is 19.7 Å². The molecule has 2 heterocycles. The van der Waals surface area contributed by atoms with Crippen LogP contribution in [0.15, 0.2) is 12.4 Å². The van der Waals surface area contributed by atoms with E-state index in [1.165, 1.54) is 0 Å². The lowest BCUT2D eigenvalue weighted by atomic mass is 10.3. The van der Waals surface area contributed by atoms with E-state index in [0.717, 1.165) is 32.0 Å². The van der Waals surface area contributed by atoms with Gasteiger partial charge in [-0.15, -0.1) is 0 Å². The number of imidazole rings is 1. The Balaban J connectivity index is 1.87. The molecule has 1 aliphatic heterocycles. The van der Waals surface area contributed by atoms with Gasteiger partial charge in [0, 0.05) is 38.7 Å². The summed E-state index contributed by atoms with van der Waals surface area (Å²) in [6.07, 6.45) is 3.78. The van der Waals surface area contributed by atoms with Crippen LogP contribution in [-0.2, 0) is 22.6 Å². The number of hydrogen-bond acceptors (Lipinski definition) is 4. The molecule has 1 aromatic rings. The molecule has 0 fully saturated rings. The Labute approximate surface area is 102 Å². The summed E-state index contributed by atoms with van der Waals surface area (Å²) in [6, 6.07) is 0. The first-order valence-corrected chi connectivity index (χ1v) is 6.29. The average Bonchev–Trinajstić information content (AvgIpc) is 2.77. The van der Waals surface area contributed by atoms with Crippen molar-refractivity contribution < 1.29 is 9.47 Å². The van der Waals surface area contributed by atoms with Gasteiger partial charge in [0.25, 0.3) is 0 Å². The summed E-state index contributed by atoms with van der Waals surface area (Å²) >= 11 is 0. The highest BCUT2D eigenvalue weighted by Gasteiger charge is 2.20. The molecule has 0 radical (unpaired) electrons. The molecule has 96 valence electrons. The highest BCUT2D eigenvalue weighted by atomic mass is 16.7. The summed E-state index contributed by atoms with van der Waals surface area (Å²) in [5.41, 5.74) is 0. The van der Waals surface area contributed by atoms with E-state index in [1.54, 1.807) is 0 Å². The average molecular weight is 239 g/mol. The molecule has 2 rings (SSSR count). The van der Waals surface area contributed by atoms with Gasteiger partial charge in [0.1, 0.15) is 5.82 Å². The highest BCUT2D eigenvalue weighted by Crippen LogP contribution is 2.11. The Hall–Kier alpha value is -0.910. The molecule has 0 bridgehead atoms. The zero-order valence-corrected chi connectivity index (χ0v) is 10.6. The maximum Gasteiger partial charge on any atom is 0.170 e. The predicted octanol–water partition coefficient (Wildman–Crippen LogP) is 1.10. The van der Waals surface area contributed by atoms with Crippen LogP contribution in [0.2, 0.25) is 0 Å². The fourth-order valence-corrected chi connectivity index (χ4v) is 2.12. The van der Waals surface area contributed by atoms with Gasteiger partial charge in [-0.2, -0.15) is 0 Å². The Morgan fingerprint density at radius 3 is 2.76 bits per heavy atom. The molecule has 0 aliphatic carbocycles. The molecule has 0 atom stereocenters. The number of nitrogens with zero attached hydrogens (tertiary/aromatic N) is 3. The second-order valence-electron chi connectivity index (χ2n) is 4.11. The lowest BCUT2D eigenvalue weighted by molar-refractivity contribution is -0.149. The molecule has 17 heavy (non-hydrogen) atoms.